The summed E-state index contributed by atoms with van der Waals surface area (Å²) in [5.74, 6) is 0. The second-order valence-electron chi connectivity index (χ2n) is 19.8. The molecule has 4 heteroatoms. The van der Waals surface area contributed by atoms with Crippen LogP contribution in [0.5, 0.6) is 0 Å². The van der Waals surface area contributed by atoms with Crippen molar-refractivity contribution in [2.75, 3.05) is 0 Å². The molecule has 3 heterocycles. The number of benzene rings is 6. The summed E-state index contributed by atoms with van der Waals surface area (Å²) >= 11 is 0. The number of rotatable bonds is 13. The third kappa shape index (κ3) is 9.71. The fraction of sp³-hybridized carbons (Fsp3) is 0.215. The second-order valence-corrected chi connectivity index (χ2v) is 19.8. The van der Waals surface area contributed by atoms with Crippen molar-refractivity contribution in [2.45, 2.75) is 90.2 Å². The Morgan fingerprint density at radius 3 is 1.67 bits per heavy atom. The SMILES string of the molecule is [2H]C([2H])([2H])c1ccccc1-c1cc(-c2[c-]ccc3c2-c2ccccc2C3(C)C)ncc1C([2H])([2H])C([2H])([2H])c1cc(CC(C)(C)c2ccc(-c3[c-]cccc3)nc2)cc(CC(C)(C)c2ccc(-c3[c-]cccc3)nc2)c1.[Ir+3]. The molecule has 9 aromatic rings. The van der Waals surface area contributed by atoms with Gasteiger partial charge in [-0.2, -0.15) is 0 Å². The molecule has 6 aromatic carbocycles. The number of fused-ring (bicyclic) bond motifs is 3. The van der Waals surface area contributed by atoms with Crippen molar-refractivity contribution in [1.29, 1.82) is 0 Å². The minimum absolute atomic E-state index is 0. The molecular formula is C65H58IrN3. The van der Waals surface area contributed by atoms with Gasteiger partial charge in [0.05, 0.1) is 0 Å². The minimum Gasteiger partial charge on any atom is -0.304 e. The van der Waals surface area contributed by atoms with Crippen molar-refractivity contribution in [3.63, 3.8) is 0 Å². The number of aromatic nitrogens is 3. The maximum atomic E-state index is 10.1. The zero-order valence-corrected chi connectivity index (χ0v) is 42.2. The third-order valence-corrected chi connectivity index (χ3v) is 13.7. The van der Waals surface area contributed by atoms with Gasteiger partial charge in [-0.1, -0.05) is 150 Å². The molecule has 0 radical (unpaired) electrons. The van der Waals surface area contributed by atoms with Crippen molar-refractivity contribution in [3.8, 4) is 56.0 Å². The van der Waals surface area contributed by atoms with Crippen LogP contribution in [0.15, 0.2) is 176 Å². The van der Waals surface area contributed by atoms with E-state index in [2.05, 4.69) is 96.1 Å². The van der Waals surface area contributed by atoms with Gasteiger partial charge in [-0.25, -0.2) is 0 Å². The van der Waals surface area contributed by atoms with Crippen LogP contribution in [-0.2, 0) is 61.9 Å². The minimum atomic E-state index is -2.77. The summed E-state index contributed by atoms with van der Waals surface area (Å²) in [6.07, 6.45) is 0.706. The summed E-state index contributed by atoms with van der Waals surface area (Å²) in [4.78, 5) is 14.6. The maximum Gasteiger partial charge on any atom is 3.00 e. The summed E-state index contributed by atoms with van der Waals surface area (Å²) < 4.78 is 66.3. The van der Waals surface area contributed by atoms with Crippen LogP contribution in [0.25, 0.3) is 56.0 Å². The first-order valence-corrected chi connectivity index (χ1v) is 23.3. The fourth-order valence-electron chi connectivity index (χ4n) is 9.94. The number of hydrogen-bond acceptors (Lipinski definition) is 3. The monoisotopic (exact) mass is 1080 g/mol. The summed E-state index contributed by atoms with van der Waals surface area (Å²) in [7, 11) is 0. The fourth-order valence-corrected chi connectivity index (χ4v) is 9.94. The molecule has 1 aliphatic carbocycles. The van der Waals surface area contributed by atoms with E-state index >= 15 is 0 Å². The van der Waals surface area contributed by atoms with E-state index in [-0.39, 0.29) is 53.3 Å². The van der Waals surface area contributed by atoms with E-state index in [1.807, 2.05) is 91.3 Å². The standard InChI is InChI=1S/C65H58N3.Ir/c1-44-19-14-15-24-53(44)56-38-61(55-26-18-28-58-62(55)54-25-16-17-27-57(54)65(58,6)7)66-41-50(56)30-29-45-35-46(39-63(2,3)51-31-33-59(67-42-51)48-20-10-8-11-21-48)37-47(36-45)40-64(4,5)52-32-34-60(68-43-52)49-22-12-9-13-23-49;/h8-20,22,24-25,27-28,31-38,41-43H,29-30,39-40H2,1-7H3;/q-3;+3/i1D3,29D2,30D2;. The van der Waals surface area contributed by atoms with E-state index in [1.165, 1.54) is 12.3 Å². The van der Waals surface area contributed by atoms with Gasteiger partial charge in [0.15, 0.2) is 0 Å². The Labute approximate surface area is 433 Å². The van der Waals surface area contributed by atoms with Gasteiger partial charge in [-0.05, 0) is 121 Å². The van der Waals surface area contributed by atoms with Crippen molar-refractivity contribution >= 4 is 0 Å². The Kier molecular flexibility index (Phi) is 11.1. The first-order valence-electron chi connectivity index (χ1n) is 26.8. The molecule has 0 atom stereocenters. The molecule has 3 aromatic heterocycles. The molecule has 0 spiro atoms. The molecule has 0 amide bonds. The Hall–Kier alpha value is -6.58. The molecule has 0 aliphatic heterocycles. The molecule has 0 fully saturated rings. The molecule has 0 N–H and O–H groups in total. The van der Waals surface area contributed by atoms with Crippen molar-refractivity contribution < 1.29 is 29.7 Å². The van der Waals surface area contributed by atoms with Gasteiger partial charge in [0, 0.05) is 28.2 Å². The van der Waals surface area contributed by atoms with Crippen molar-refractivity contribution in [2.24, 2.45) is 0 Å². The van der Waals surface area contributed by atoms with E-state index < -0.39 is 30.4 Å². The number of pyridine rings is 3. The van der Waals surface area contributed by atoms with Gasteiger partial charge in [0.25, 0.3) is 0 Å². The average molecular weight is 1080 g/mol. The molecule has 0 saturated carbocycles. The zero-order valence-electron chi connectivity index (χ0n) is 46.8. The summed E-state index contributed by atoms with van der Waals surface area (Å²) in [6, 6.07) is 59.8. The molecule has 3 nitrogen and oxygen atoms in total. The van der Waals surface area contributed by atoms with Crippen LogP contribution in [0.2, 0.25) is 0 Å². The van der Waals surface area contributed by atoms with Crippen molar-refractivity contribution in [3.05, 3.63) is 245 Å². The zero-order chi connectivity index (χ0) is 53.1. The van der Waals surface area contributed by atoms with E-state index in [4.69, 9.17) is 19.1 Å². The van der Waals surface area contributed by atoms with Gasteiger partial charge in [0.1, 0.15) is 0 Å². The molecule has 10 rings (SSSR count). The second kappa shape index (κ2) is 19.4. The van der Waals surface area contributed by atoms with Gasteiger partial charge in [0.2, 0.25) is 0 Å². The van der Waals surface area contributed by atoms with Gasteiger partial charge >= 0.3 is 20.1 Å². The molecule has 0 bridgehead atoms. The van der Waals surface area contributed by atoms with E-state index in [1.54, 1.807) is 36.4 Å². The Morgan fingerprint density at radius 2 is 1.09 bits per heavy atom. The van der Waals surface area contributed by atoms with Crippen LogP contribution in [-0.4, -0.2) is 15.0 Å². The molecule has 69 heavy (non-hydrogen) atoms. The summed E-state index contributed by atoms with van der Waals surface area (Å²) in [6.45, 7) is 10.4. The van der Waals surface area contributed by atoms with Crippen LogP contribution in [0, 0.1) is 25.1 Å². The molecular weight excluding hydrogens is 1010 g/mol. The molecule has 1 aliphatic rings. The van der Waals surface area contributed by atoms with Crippen LogP contribution in [0.4, 0.5) is 0 Å². The Balaban J connectivity index is 0.00000706. The van der Waals surface area contributed by atoms with E-state index in [0.29, 0.717) is 24.1 Å². The van der Waals surface area contributed by atoms with Gasteiger partial charge < -0.3 is 15.0 Å². The third-order valence-electron chi connectivity index (χ3n) is 13.7. The van der Waals surface area contributed by atoms with Gasteiger partial charge in [-0.3, -0.25) is 0 Å². The largest absolute Gasteiger partial charge is 3.00 e. The van der Waals surface area contributed by atoms with Crippen molar-refractivity contribution in [1.82, 2.24) is 15.0 Å². The Morgan fingerprint density at radius 1 is 0.522 bits per heavy atom. The summed E-state index contributed by atoms with van der Waals surface area (Å²) in [5.41, 5.74) is 11.8. The molecule has 0 unspecified atom stereocenters. The molecule has 342 valence electrons. The normalized spacial score (nSPS) is 14.9. The van der Waals surface area contributed by atoms with E-state index in [9.17, 15) is 5.48 Å². The first kappa shape index (κ1) is 39.3. The summed E-state index contributed by atoms with van der Waals surface area (Å²) in [5, 5.41) is 0. The topological polar surface area (TPSA) is 38.7 Å². The number of hydrogen-bond donors (Lipinski definition) is 0. The first-order chi connectivity index (χ1) is 35.6. The number of aryl methyl sites for hydroxylation is 3. The van der Waals surface area contributed by atoms with Crippen LogP contribution < -0.4 is 0 Å². The van der Waals surface area contributed by atoms with Gasteiger partial charge in [-0.15, -0.1) is 101 Å². The predicted octanol–water partition coefficient (Wildman–Crippen LogP) is 15.4. The molecule has 0 saturated heterocycles. The Bertz CT molecular complexity index is 3440. The predicted molar refractivity (Wildman–Crippen MR) is 281 cm³/mol. The quantitative estimate of drug-likeness (QED) is 0.108. The smallest absolute Gasteiger partial charge is 0.304 e. The van der Waals surface area contributed by atoms with Crippen LogP contribution in [0.1, 0.15) is 101 Å². The van der Waals surface area contributed by atoms with E-state index in [0.717, 1.165) is 67.0 Å². The maximum absolute atomic E-state index is 10.1. The number of nitrogens with zero attached hydrogens (tertiary/aromatic N) is 3. The average Bonchev–Trinajstić information content (AvgIpc) is 3.66. The van der Waals surface area contributed by atoms with Crippen LogP contribution >= 0.6 is 0 Å². The van der Waals surface area contributed by atoms with Crippen LogP contribution in [0.3, 0.4) is 0 Å².